The number of nitrogens with zero attached hydrogens (tertiary/aromatic N) is 1. The summed E-state index contributed by atoms with van der Waals surface area (Å²) >= 11 is 0. The highest BCUT2D eigenvalue weighted by Crippen LogP contribution is 2.40. The van der Waals surface area contributed by atoms with E-state index in [0.717, 1.165) is 16.7 Å². The van der Waals surface area contributed by atoms with Crippen molar-refractivity contribution >= 4 is 17.7 Å². The summed E-state index contributed by atoms with van der Waals surface area (Å²) in [6.07, 6.45) is 0. The molecule has 2 aromatic carbocycles. The number of benzene rings is 2. The van der Waals surface area contributed by atoms with Gasteiger partial charge in [0.25, 0.3) is 5.91 Å². The van der Waals surface area contributed by atoms with Gasteiger partial charge < -0.3 is 14.7 Å². The highest BCUT2D eigenvalue weighted by molar-refractivity contribution is 6.09. The zero-order valence-corrected chi connectivity index (χ0v) is 18.2. The number of hydrogen-bond donors (Lipinski definition) is 1. The lowest BCUT2D eigenvalue weighted by Crippen LogP contribution is -2.31. The summed E-state index contributed by atoms with van der Waals surface area (Å²) in [5, 5.41) is 10.6. The smallest absolute Gasteiger partial charge is 0.338 e. The molecular weight excluding hydrogens is 394 g/mol. The zero-order valence-electron chi connectivity index (χ0n) is 18.2. The Morgan fingerprint density at radius 3 is 2.39 bits per heavy atom. The van der Waals surface area contributed by atoms with Gasteiger partial charge in [0.2, 0.25) is 0 Å². The summed E-state index contributed by atoms with van der Waals surface area (Å²) in [6, 6.07) is 13.7. The first-order valence-corrected chi connectivity index (χ1v) is 10.4. The minimum absolute atomic E-state index is 0.133. The number of rotatable bonds is 7. The standard InChI is InChI=1S/C25H27NO5/c1-5-31-25(30)18-11-9-17(10-12-18)14-26-21(19-8-6-7-16(4)13-19)20(22(27)15(2)3)23(28)24(26)29/h6-13,15,21,28H,5,14H2,1-4H3. The van der Waals surface area contributed by atoms with Crippen molar-refractivity contribution in [2.75, 3.05) is 6.61 Å². The van der Waals surface area contributed by atoms with Crippen molar-refractivity contribution in [1.82, 2.24) is 4.90 Å². The van der Waals surface area contributed by atoms with Crippen LogP contribution >= 0.6 is 0 Å². The Bertz CT molecular complexity index is 1040. The summed E-state index contributed by atoms with van der Waals surface area (Å²) in [4.78, 5) is 39.3. The molecule has 1 atom stereocenters. The molecule has 0 bridgehead atoms. The van der Waals surface area contributed by atoms with Gasteiger partial charge in [-0.2, -0.15) is 0 Å². The lowest BCUT2D eigenvalue weighted by Gasteiger charge is -2.27. The molecule has 0 saturated carbocycles. The van der Waals surface area contributed by atoms with E-state index in [2.05, 4.69) is 0 Å². The Balaban J connectivity index is 1.97. The van der Waals surface area contributed by atoms with Crippen LogP contribution in [0.2, 0.25) is 0 Å². The minimum atomic E-state index is -0.674. The maximum Gasteiger partial charge on any atom is 0.338 e. The molecule has 1 amide bonds. The van der Waals surface area contributed by atoms with E-state index in [1.54, 1.807) is 45.0 Å². The molecule has 3 rings (SSSR count). The van der Waals surface area contributed by atoms with Crippen molar-refractivity contribution in [1.29, 1.82) is 0 Å². The van der Waals surface area contributed by atoms with E-state index in [1.165, 1.54) is 4.90 Å². The number of carbonyl (C=O) groups excluding carboxylic acids is 3. The molecule has 6 nitrogen and oxygen atoms in total. The molecule has 0 spiro atoms. The fourth-order valence-electron chi connectivity index (χ4n) is 3.72. The lowest BCUT2D eigenvalue weighted by molar-refractivity contribution is -0.130. The van der Waals surface area contributed by atoms with Crippen LogP contribution in [0.4, 0.5) is 0 Å². The van der Waals surface area contributed by atoms with Crippen LogP contribution in [0.25, 0.3) is 0 Å². The van der Waals surface area contributed by atoms with E-state index in [1.807, 2.05) is 31.2 Å². The molecule has 1 aliphatic heterocycles. The second kappa shape index (κ2) is 9.16. The summed E-state index contributed by atoms with van der Waals surface area (Å²) in [5.74, 6) is -2.09. The summed E-state index contributed by atoms with van der Waals surface area (Å²) in [5.41, 5.74) is 3.08. The van der Waals surface area contributed by atoms with Gasteiger partial charge in [-0.1, -0.05) is 55.8 Å². The van der Waals surface area contributed by atoms with Crippen LogP contribution in [0.3, 0.4) is 0 Å². The molecule has 0 aromatic heterocycles. The fraction of sp³-hybridized carbons (Fsp3) is 0.320. The van der Waals surface area contributed by atoms with Crippen LogP contribution in [0, 0.1) is 12.8 Å². The second-order valence-electron chi connectivity index (χ2n) is 7.95. The Hall–Kier alpha value is -3.41. The molecule has 0 aliphatic carbocycles. The van der Waals surface area contributed by atoms with E-state index < -0.39 is 23.7 Å². The highest BCUT2D eigenvalue weighted by Gasteiger charge is 2.43. The normalized spacial score (nSPS) is 16.2. The molecule has 1 aliphatic rings. The molecule has 0 fully saturated rings. The molecule has 2 aromatic rings. The number of ketones is 1. The monoisotopic (exact) mass is 421 g/mol. The van der Waals surface area contributed by atoms with Crippen LogP contribution in [0.1, 0.15) is 53.9 Å². The minimum Gasteiger partial charge on any atom is -0.503 e. The third kappa shape index (κ3) is 4.53. The maximum absolute atomic E-state index is 13.0. The number of hydrogen-bond acceptors (Lipinski definition) is 5. The number of aliphatic hydroxyl groups is 1. The molecule has 1 heterocycles. The third-order valence-electron chi connectivity index (χ3n) is 5.27. The van der Waals surface area contributed by atoms with Gasteiger partial charge in [0.15, 0.2) is 11.5 Å². The summed E-state index contributed by atoms with van der Waals surface area (Å²) in [6.45, 7) is 7.64. The molecule has 6 heteroatoms. The number of ether oxygens (including phenoxy) is 1. The van der Waals surface area contributed by atoms with E-state index in [-0.39, 0.29) is 23.8 Å². The number of esters is 1. The largest absolute Gasteiger partial charge is 0.503 e. The van der Waals surface area contributed by atoms with Gasteiger partial charge in [0.1, 0.15) is 0 Å². The van der Waals surface area contributed by atoms with Gasteiger partial charge in [0, 0.05) is 12.5 Å². The first-order chi connectivity index (χ1) is 14.7. The second-order valence-corrected chi connectivity index (χ2v) is 7.95. The van der Waals surface area contributed by atoms with E-state index in [4.69, 9.17) is 4.74 Å². The number of aliphatic hydroxyl groups excluding tert-OH is 1. The third-order valence-corrected chi connectivity index (χ3v) is 5.27. The van der Waals surface area contributed by atoms with Crippen molar-refractivity contribution in [3.63, 3.8) is 0 Å². The number of amides is 1. The summed E-state index contributed by atoms with van der Waals surface area (Å²) in [7, 11) is 0. The molecule has 0 radical (unpaired) electrons. The van der Waals surface area contributed by atoms with Gasteiger partial charge in [-0.05, 0) is 37.1 Å². The predicted octanol–water partition coefficient (Wildman–Crippen LogP) is 4.29. The first-order valence-electron chi connectivity index (χ1n) is 10.4. The average molecular weight is 421 g/mol. The van der Waals surface area contributed by atoms with Crippen molar-refractivity contribution in [3.05, 3.63) is 82.1 Å². The number of aryl methyl sites for hydroxylation is 1. The van der Waals surface area contributed by atoms with Crippen molar-refractivity contribution in [2.24, 2.45) is 5.92 Å². The highest BCUT2D eigenvalue weighted by atomic mass is 16.5. The molecule has 31 heavy (non-hydrogen) atoms. The van der Waals surface area contributed by atoms with E-state index >= 15 is 0 Å². The topological polar surface area (TPSA) is 83.9 Å². The van der Waals surface area contributed by atoms with Gasteiger partial charge in [-0.25, -0.2) is 4.79 Å². The van der Waals surface area contributed by atoms with Crippen LogP contribution < -0.4 is 0 Å². The Morgan fingerprint density at radius 2 is 1.81 bits per heavy atom. The fourth-order valence-corrected chi connectivity index (χ4v) is 3.72. The van der Waals surface area contributed by atoms with Crippen molar-refractivity contribution < 1.29 is 24.2 Å². The summed E-state index contributed by atoms with van der Waals surface area (Å²) < 4.78 is 5.00. The van der Waals surface area contributed by atoms with Crippen LogP contribution in [-0.2, 0) is 20.9 Å². The lowest BCUT2D eigenvalue weighted by atomic mass is 9.90. The Kier molecular flexibility index (Phi) is 6.59. The van der Waals surface area contributed by atoms with Gasteiger partial charge in [0.05, 0.1) is 23.8 Å². The SMILES string of the molecule is CCOC(=O)c1ccc(CN2C(=O)C(O)=C(C(=O)C(C)C)C2c2cccc(C)c2)cc1. The van der Waals surface area contributed by atoms with Gasteiger partial charge in [-0.15, -0.1) is 0 Å². The zero-order chi connectivity index (χ0) is 22.7. The number of Topliss-reactive ketones (excluding diaryl/α,β-unsaturated/α-hetero) is 1. The Morgan fingerprint density at radius 1 is 1.13 bits per heavy atom. The molecule has 0 saturated heterocycles. The van der Waals surface area contributed by atoms with Crippen LogP contribution in [0.5, 0.6) is 0 Å². The molecular formula is C25H27NO5. The predicted molar refractivity (Wildman–Crippen MR) is 116 cm³/mol. The van der Waals surface area contributed by atoms with Crippen LogP contribution in [0.15, 0.2) is 59.9 Å². The van der Waals surface area contributed by atoms with Crippen LogP contribution in [-0.4, -0.2) is 34.3 Å². The molecule has 162 valence electrons. The van der Waals surface area contributed by atoms with Crippen molar-refractivity contribution in [3.8, 4) is 0 Å². The van der Waals surface area contributed by atoms with E-state index in [0.29, 0.717) is 12.2 Å². The van der Waals surface area contributed by atoms with Crippen molar-refractivity contribution in [2.45, 2.75) is 40.3 Å². The number of carbonyl (C=O) groups is 3. The molecule has 1 unspecified atom stereocenters. The maximum atomic E-state index is 13.0. The average Bonchev–Trinajstić information content (AvgIpc) is 2.98. The van der Waals surface area contributed by atoms with Gasteiger partial charge in [-0.3, -0.25) is 9.59 Å². The quantitative estimate of drug-likeness (QED) is 0.674. The first kappa shape index (κ1) is 22.3. The molecule has 1 N–H and O–H groups in total. The Labute approximate surface area is 182 Å². The van der Waals surface area contributed by atoms with E-state index in [9.17, 15) is 19.5 Å². The van der Waals surface area contributed by atoms with Gasteiger partial charge >= 0.3 is 5.97 Å².